The minimum absolute atomic E-state index is 0.0452. The number of amides is 1. The van der Waals surface area contributed by atoms with Gasteiger partial charge < -0.3 is 5.32 Å². The zero-order valence-electron chi connectivity index (χ0n) is 12.7. The Balaban J connectivity index is 2.73. The van der Waals surface area contributed by atoms with Crippen LogP contribution < -0.4 is 5.32 Å². The van der Waals surface area contributed by atoms with Crippen LogP contribution >= 0.6 is 0 Å². The standard InChI is InChI=1S/C15H23NO3S/c1-11(2)20(18,19)10-14(17)16-13-8-6-12(7-9-13)15(3,4)5/h6-9,11H,10H2,1-5H3,(H,16,17). The molecular formula is C15H23NO3S. The van der Waals surface area contributed by atoms with E-state index in [1.54, 1.807) is 26.0 Å². The van der Waals surface area contributed by atoms with Crippen LogP contribution in [0.1, 0.15) is 40.2 Å². The average Bonchev–Trinajstić information content (AvgIpc) is 2.27. The van der Waals surface area contributed by atoms with Gasteiger partial charge in [0, 0.05) is 5.69 Å². The van der Waals surface area contributed by atoms with E-state index in [0.29, 0.717) is 5.69 Å². The predicted molar refractivity (Wildman–Crippen MR) is 82.7 cm³/mol. The molecule has 0 fully saturated rings. The second kappa shape index (κ2) is 5.95. The minimum atomic E-state index is -3.36. The average molecular weight is 297 g/mol. The number of rotatable bonds is 4. The van der Waals surface area contributed by atoms with Crippen LogP contribution in [0.15, 0.2) is 24.3 Å². The lowest BCUT2D eigenvalue weighted by molar-refractivity contribution is -0.113. The van der Waals surface area contributed by atoms with Gasteiger partial charge in [0.05, 0.1) is 5.25 Å². The summed E-state index contributed by atoms with van der Waals surface area (Å²) in [4.78, 5) is 11.7. The number of hydrogen-bond donors (Lipinski definition) is 1. The van der Waals surface area contributed by atoms with E-state index in [-0.39, 0.29) is 5.41 Å². The van der Waals surface area contributed by atoms with Gasteiger partial charge in [-0.25, -0.2) is 8.42 Å². The lowest BCUT2D eigenvalue weighted by Crippen LogP contribution is -2.27. The Hall–Kier alpha value is -1.36. The van der Waals surface area contributed by atoms with Crippen molar-refractivity contribution in [2.24, 2.45) is 0 Å². The number of hydrogen-bond acceptors (Lipinski definition) is 3. The summed E-state index contributed by atoms with van der Waals surface area (Å²) in [6, 6.07) is 7.46. The molecule has 0 aromatic heterocycles. The van der Waals surface area contributed by atoms with Crippen LogP contribution in [0.2, 0.25) is 0 Å². The van der Waals surface area contributed by atoms with Crippen LogP contribution in [0.4, 0.5) is 5.69 Å². The molecule has 1 amide bonds. The van der Waals surface area contributed by atoms with Gasteiger partial charge in [0.15, 0.2) is 9.84 Å². The SMILES string of the molecule is CC(C)S(=O)(=O)CC(=O)Nc1ccc(C(C)(C)C)cc1. The first-order valence-corrected chi connectivity index (χ1v) is 8.36. The Labute approximate surface area is 121 Å². The van der Waals surface area contributed by atoms with Gasteiger partial charge in [0.25, 0.3) is 0 Å². The maximum atomic E-state index is 11.7. The number of anilines is 1. The zero-order chi connectivity index (χ0) is 15.6. The molecule has 0 unspecified atom stereocenters. The summed E-state index contributed by atoms with van der Waals surface area (Å²) in [7, 11) is -3.36. The largest absolute Gasteiger partial charge is 0.325 e. The number of carbonyl (C=O) groups is 1. The van der Waals surface area contributed by atoms with E-state index in [4.69, 9.17) is 0 Å². The van der Waals surface area contributed by atoms with Crippen molar-refractivity contribution >= 4 is 21.4 Å². The molecule has 112 valence electrons. The van der Waals surface area contributed by atoms with E-state index in [2.05, 4.69) is 26.1 Å². The summed E-state index contributed by atoms with van der Waals surface area (Å²) in [6.07, 6.45) is 0. The van der Waals surface area contributed by atoms with Crippen LogP contribution in [0.25, 0.3) is 0 Å². The molecule has 1 aromatic carbocycles. The number of carbonyl (C=O) groups excluding carboxylic acids is 1. The molecule has 0 saturated heterocycles. The molecular weight excluding hydrogens is 274 g/mol. The van der Waals surface area contributed by atoms with Crippen molar-refractivity contribution in [3.63, 3.8) is 0 Å². The molecule has 0 aliphatic heterocycles. The first kappa shape index (κ1) is 16.7. The summed E-state index contributed by atoms with van der Waals surface area (Å²) >= 11 is 0. The summed E-state index contributed by atoms with van der Waals surface area (Å²) in [5.74, 6) is -0.978. The van der Waals surface area contributed by atoms with E-state index in [0.717, 1.165) is 5.56 Å². The smallest absolute Gasteiger partial charge is 0.239 e. The predicted octanol–water partition coefficient (Wildman–Crippen LogP) is 2.75. The van der Waals surface area contributed by atoms with Gasteiger partial charge in [0.1, 0.15) is 5.75 Å². The van der Waals surface area contributed by atoms with Crippen molar-refractivity contribution < 1.29 is 13.2 Å². The fraction of sp³-hybridized carbons (Fsp3) is 0.533. The van der Waals surface area contributed by atoms with Crippen molar-refractivity contribution in [3.8, 4) is 0 Å². The summed E-state index contributed by atoms with van der Waals surface area (Å²) in [5.41, 5.74) is 1.82. The van der Waals surface area contributed by atoms with Crippen molar-refractivity contribution in [2.45, 2.75) is 45.3 Å². The third-order valence-electron chi connectivity index (χ3n) is 3.09. The van der Waals surface area contributed by atoms with Gasteiger partial charge in [-0.3, -0.25) is 4.79 Å². The second-order valence-electron chi connectivity index (χ2n) is 6.23. The fourth-order valence-electron chi connectivity index (χ4n) is 1.60. The lowest BCUT2D eigenvalue weighted by atomic mass is 9.87. The maximum absolute atomic E-state index is 11.7. The lowest BCUT2D eigenvalue weighted by Gasteiger charge is -2.19. The van der Waals surface area contributed by atoms with E-state index < -0.39 is 26.7 Å². The van der Waals surface area contributed by atoms with Crippen LogP contribution in [0.5, 0.6) is 0 Å². The topological polar surface area (TPSA) is 63.2 Å². The Morgan fingerprint density at radius 3 is 2.05 bits per heavy atom. The van der Waals surface area contributed by atoms with E-state index >= 15 is 0 Å². The number of sulfone groups is 1. The Morgan fingerprint density at radius 1 is 1.15 bits per heavy atom. The van der Waals surface area contributed by atoms with E-state index in [1.165, 1.54) is 0 Å². The molecule has 4 nitrogen and oxygen atoms in total. The summed E-state index contributed by atoms with van der Waals surface area (Å²) in [6.45, 7) is 9.46. The molecule has 1 N–H and O–H groups in total. The Bertz CT molecular complexity index is 566. The normalized spacial score (nSPS) is 12.5. The number of nitrogens with one attached hydrogen (secondary N) is 1. The second-order valence-corrected chi connectivity index (χ2v) is 8.79. The summed E-state index contributed by atoms with van der Waals surface area (Å²) in [5, 5.41) is 2.07. The molecule has 0 bridgehead atoms. The molecule has 0 spiro atoms. The van der Waals surface area contributed by atoms with Gasteiger partial charge in [-0.15, -0.1) is 0 Å². The van der Waals surface area contributed by atoms with Gasteiger partial charge >= 0.3 is 0 Å². The Morgan fingerprint density at radius 2 is 1.65 bits per heavy atom. The third-order valence-corrected chi connectivity index (χ3v) is 5.19. The maximum Gasteiger partial charge on any atom is 0.239 e. The first-order valence-electron chi connectivity index (χ1n) is 6.64. The highest BCUT2D eigenvalue weighted by atomic mass is 32.2. The van der Waals surface area contributed by atoms with Gasteiger partial charge in [-0.05, 0) is 37.0 Å². The molecule has 1 aromatic rings. The van der Waals surface area contributed by atoms with E-state index in [9.17, 15) is 13.2 Å². The van der Waals surface area contributed by atoms with E-state index in [1.807, 2.05) is 12.1 Å². The third kappa shape index (κ3) is 4.63. The van der Waals surface area contributed by atoms with Gasteiger partial charge in [-0.2, -0.15) is 0 Å². The quantitative estimate of drug-likeness (QED) is 0.929. The molecule has 0 atom stereocenters. The van der Waals surface area contributed by atoms with Crippen molar-refractivity contribution in [1.29, 1.82) is 0 Å². The van der Waals surface area contributed by atoms with Crippen molar-refractivity contribution in [1.82, 2.24) is 0 Å². The van der Waals surface area contributed by atoms with Gasteiger partial charge in [0.2, 0.25) is 5.91 Å². The van der Waals surface area contributed by atoms with Crippen LogP contribution in [0, 0.1) is 0 Å². The molecule has 0 aliphatic rings. The van der Waals surface area contributed by atoms with Crippen LogP contribution in [0.3, 0.4) is 0 Å². The fourth-order valence-corrected chi connectivity index (χ4v) is 2.37. The minimum Gasteiger partial charge on any atom is -0.325 e. The highest BCUT2D eigenvalue weighted by Gasteiger charge is 2.20. The highest BCUT2D eigenvalue weighted by molar-refractivity contribution is 7.92. The Kier molecular flexibility index (Phi) is 4.97. The zero-order valence-corrected chi connectivity index (χ0v) is 13.5. The summed E-state index contributed by atoms with van der Waals surface area (Å²) < 4.78 is 23.3. The van der Waals surface area contributed by atoms with Crippen LogP contribution in [-0.4, -0.2) is 25.3 Å². The van der Waals surface area contributed by atoms with Gasteiger partial charge in [-0.1, -0.05) is 32.9 Å². The van der Waals surface area contributed by atoms with Crippen LogP contribution in [-0.2, 0) is 20.0 Å². The monoisotopic (exact) mass is 297 g/mol. The molecule has 5 heteroatoms. The molecule has 0 heterocycles. The van der Waals surface area contributed by atoms with Crippen molar-refractivity contribution in [2.75, 3.05) is 11.1 Å². The molecule has 0 radical (unpaired) electrons. The molecule has 0 aliphatic carbocycles. The number of benzene rings is 1. The molecule has 20 heavy (non-hydrogen) atoms. The highest BCUT2D eigenvalue weighted by Crippen LogP contribution is 2.23. The first-order chi connectivity index (χ1) is 9.02. The molecule has 0 saturated carbocycles. The van der Waals surface area contributed by atoms with Crippen molar-refractivity contribution in [3.05, 3.63) is 29.8 Å². The molecule has 1 rings (SSSR count).